The van der Waals surface area contributed by atoms with E-state index in [-0.39, 0.29) is 17.5 Å². The highest BCUT2D eigenvalue weighted by atomic mass is 16.5. The molecule has 26 heavy (non-hydrogen) atoms. The molecule has 0 unspecified atom stereocenters. The van der Waals surface area contributed by atoms with E-state index in [9.17, 15) is 9.59 Å². The number of methoxy groups -OCH3 is 1. The maximum Gasteiger partial charge on any atom is 0.252 e. The van der Waals surface area contributed by atoms with Crippen molar-refractivity contribution in [3.05, 3.63) is 76.1 Å². The molecule has 1 aromatic heterocycles. The Morgan fingerprint density at radius 2 is 1.88 bits per heavy atom. The van der Waals surface area contributed by atoms with Gasteiger partial charge < -0.3 is 15.0 Å². The fourth-order valence-corrected chi connectivity index (χ4v) is 2.94. The number of pyridine rings is 1. The molecule has 1 heterocycles. The molecular formula is C21H22N2O3. The Kier molecular flexibility index (Phi) is 5.37. The lowest BCUT2D eigenvalue weighted by atomic mass is 10.0. The molecule has 3 aromatic rings. The van der Waals surface area contributed by atoms with Gasteiger partial charge in [-0.3, -0.25) is 9.59 Å². The molecule has 5 heteroatoms. The summed E-state index contributed by atoms with van der Waals surface area (Å²) in [5.74, 6) is 0.603. The molecule has 3 rings (SSSR count). The van der Waals surface area contributed by atoms with Crippen LogP contribution in [0.5, 0.6) is 5.75 Å². The number of hydrogen-bond acceptors (Lipinski definition) is 3. The third-order valence-electron chi connectivity index (χ3n) is 4.40. The first kappa shape index (κ1) is 17.7. The molecule has 0 radical (unpaired) electrons. The first-order valence-electron chi connectivity index (χ1n) is 8.62. The Labute approximate surface area is 152 Å². The van der Waals surface area contributed by atoms with Crippen LogP contribution >= 0.6 is 0 Å². The second kappa shape index (κ2) is 7.87. The predicted octanol–water partition coefficient (Wildman–Crippen LogP) is 3.29. The van der Waals surface area contributed by atoms with E-state index in [4.69, 9.17) is 4.74 Å². The van der Waals surface area contributed by atoms with Crippen molar-refractivity contribution in [1.82, 2.24) is 10.3 Å². The fourth-order valence-electron chi connectivity index (χ4n) is 2.94. The van der Waals surface area contributed by atoms with E-state index in [1.165, 1.54) is 11.6 Å². The van der Waals surface area contributed by atoms with Gasteiger partial charge >= 0.3 is 0 Å². The SMILES string of the molecule is COc1ccc(CC[C@@H](C)NC(=O)c2cc(=O)[nH]c3ccccc23)cc1. The smallest absolute Gasteiger partial charge is 0.252 e. The second-order valence-corrected chi connectivity index (χ2v) is 6.35. The minimum atomic E-state index is -0.278. The molecule has 0 spiro atoms. The zero-order valence-corrected chi connectivity index (χ0v) is 14.9. The number of aromatic nitrogens is 1. The zero-order chi connectivity index (χ0) is 18.5. The van der Waals surface area contributed by atoms with Gasteiger partial charge in [-0.25, -0.2) is 0 Å². The van der Waals surface area contributed by atoms with Crippen molar-refractivity contribution in [2.45, 2.75) is 25.8 Å². The molecule has 0 saturated heterocycles. The number of amides is 1. The van der Waals surface area contributed by atoms with Crippen molar-refractivity contribution >= 4 is 16.8 Å². The molecule has 2 N–H and O–H groups in total. The Morgan fingerprint density at radius 3 is 2.62 bits per heavy atom. The molecule has 2 aromatic carbocycles. The van der Waals surface area contributed by atoms with Crippen LogP contribution in [-0.4, -0.2) is 24.0 Å². The number of carbonyl (C=O) groups is 1. The Balaban J connectivity index is 1.66. The van der Waals surface area contributed by atoms with Crippen LogP contribution in [0.15, 0.2) is 59.4 Å². The van der Waals surface area contributed by atoms with Crippen LogP contribution in [0.2, 0.25) is 0 Å². The van der Waals surface area contributed by atoms with Crippen LogP contribution in [0.3, 0.4) is 0 Å². The fraction of sp³-hybridized carbons (Fsp3) is 0.238. The summed E-state index contributed by atoms with van der Waals surface area (Å²) >= 11 is 0. The first-order valence-corrected chi connectivity index (χ1v) is 8.62. The number of rotatable bonds is 6. The average molecular weight is 350 g/mol. The molecule has 0 aliphatic heterocycles. The van der Waals surface area contributed by atoms with Crippen LogP contribution < -0.4 is 15.6 Å². The van der Waals surface area contributed by atoms with Crippen molar-refractivity contribution < 1.29 is 9.53 Å². The monoisotopic (exact) mass is 350 g/mol. The molecule has 0 aliphatic carbocycles. The van der Waals surface area contributed by atoms with Crippen LogP contribution in [0.1, 0.15) is 29.3 Å². The van der Waals surface area contributed by atoms with Gasteiger partial charge in [-0.05, 0) is 43.5 Å². The van der Waals surface area contributed by atoms with E-state index in [1.807, 2.05) is 49.4 Å². The van der Waals surface area contributed by atoms with E-state index in [2.05, 4.69) is 10.3 Å². The van der Waals surface area contributed by atoms with Gasteiger partial charge in [0.1, 0.15) is 5.75 Å². The summed E-state index contributed by atoms with van der Waals surface area (Å²) in [4.78, 5) is 27.2. The molecule has 0 saturated carbocycles. The zero-order valence-electron chi connectivity index (χ0n) is 14.9. The number of hydrogen-bond donors (Lipinski definition) is 2. The van der Waals surface area contributed by atoms with Crippen LogP contribution in [0.25, 0.3) is 10.9 Å². The Hall–Kier alpha value is -3.08. The summed E-state index contributed by atoms with van der Waals surface area (Å²) in [6, 6.07) is 16.6. The average Bonchev–Trinajstić information content (AvgIpc) is 2.66. The van der Waals surface area contributed by atoms with Gasteiger partial charge in [-0.2, -0.15) is 0 Å². The highest BCUT2D eigenvalue weighted by Crippen LogP contribution is 2.16. The molecular weight excluding hydrogens is 328 g/mol. The summed E-state index contributed by atoms with van der Waals surface area (Å²) < 4.78 is 5.16. The third-order valence-corrected chi connectivity index (χ3v) is 4.40. The van der Waals surface area contributed by atoms with Gasteiger partial charge in [0.05, 0.1) is 12.7 Å². The highest BCUT2D eigenvalue weighted by Gasteiger charge is 2.14. The molecule has 1 atom stereocenters. The second-order valence-electron chi connectivity index (χ2n) is 6.35. The standard InChI is InChI=1S/C21H22N2O3/c1-14(7-8-15-9-11-16(26-2)12-10-15)22-21(25)18-13-20(24)23-19-6-4-3-5-17(18)19/h3-6,9-14H,7-8H2,1-2H3,(H,22,25)(H,23,24)/t14-/m1/s1. The van der Waals surface area contributed by atoms with Crippen LogP contribution in [0.4, 0.5) is 0 Å². The van der Waals surface area contributed by atoms with E-state index in [1.54, 1.807) is 13.2 Å². The van der Waals surface area contributed by atoms with Crippen LogP contribution in [-0.2, 0) is 6.42 Å². The number of ether oxygens (including phenoxy) is 1. The minimum Gasteiger partial charge on any atom is -0.497 e. The number of carbonyl (C=O) groups excluding carboxylic acids is 1. The summed E-state index contributed by atoms with van der Waals surface area (Å²) in [5, 5.41) is 3.73. The summed E-state index contributed by atoms with van der Waals surface area (Å²) in [7, 11) is 1.64. The van der Waals surface area contributed by atoms with Gasteiger partial charge in [-0.15, -0.1) is 0 Å². The van der Waals surface area contributed by atoms with E-state index >= 15 is 0 Å². The predicted molar refractivity (Wildman–Crippen MR) is 103 cm³/mol. The van der Waals surface area contributed by atoms with Crippen molar-refractivity contribution in [2.75, 3.05) is 7.11 Å². The van der Waals surface area contributed by atoms with Crippen molar-refractivity contribution in [3.63, 3.8) is 0 Å². The molecule has 0 aliphatic rings. The van der Waals surface area contributed by atoms with Crippen molar-refractivity contribution in [1.29, 1.82) is 0 Å². The molecule has 0 fully saturated rings. The Bertz CT molecular complexity index is 961. The number of fused-ring (bicyclic) bond motifs is 1. The van der Waals surface area contributed by atoms with E-state index < -0.39 is 0 Å². The number of benzene rings is 2. The maximum atomic E-state index is 12.6. The third kappa shape index (κ3) is 4.11. The van der Waals surface area contributed by atoms with Crippen molar-refractivity contribution in [2.24, 2.45) is 0 Å². The molecule has 5 nitrogen and oxygen atoms in total. The summed E-state index contributed by atoms with van der Waals surface area (Å²) in [6.07, 6.45) is 1.65. The lowest BCUT2D eigenvalue weighted by Gasteiger charge is -2.15. The number of aryl methyl sites for hydroxylation is 1. The first-order chi connectivity index (χ1) is 12.6. The largest absolute Gasteiger partial charge is 0.497 e. The topological polar surface area (TPSA) is 71.2 Å². The highest BCUT2D eigenvalue weighted by molar-refractivity contribution is 6.06. The maximum absolute atomic E-state index is 12.6. The minimum absolute atomic E-state index is 0.0114. The number of nitrogens with one attached hydrogen (secondary N) is 2. The number of aromatic amines is 1. The lowest BCUT2D eigenvalue weighted by molar-refractivity contribution is 0.0940. The quantitative estimate of drug-likeness (QED) is 0.717. The van der Waals surface area contributed by atoms with E-state index in [0.29, 0.717) is 11.1 Å². The molecule has 1 amide bonds. The van der Waals surface area contributed by atoms with Gasteiger partial charge in [0.25, 0.3) is 5.91 Å². The van der Waals surface area contributed by atoms with E-state index in [0.717, 1.165) is 24.0 Å². The van der Waals surface area contributed by atoms with Gasteiger partial charge in [0.15, 0.2) is 0 Å². The summed E-state index contributed by atoms with van der Waals surface area (Å²) in [5.41, 5.74) is 1.98. The van der Waals surface area contributed by atoms with Gasteiger partial charge in [0, 0.05) is 23.0 Å². The molecule has 134 valence electrons. The van der Waals surface area contributed by atoms with Gasteiger partial charge in [-0.1, -0.05) is 30.3 Å². The number of para-hydroxylation sites is 1. The Morgan fingerprint density at radius 1 is 1.15 bits per heavy atom. The normalized spacial score (nSPS) is 11.9. The number of H-pyrrole nitrogens is 1. The van der Waals surface area contributed by atoms with Crippen LogP contribution in [0, 0.1) is 0 Å². The molecule has 0 bridgehead atoms. The lowest BCUT2D eigenvalue weighted by Crippen LogP contribution is -2.33. The summed E-state index contributed by atoms with van der Waals surface area (Å²) in [6.45, 7) is 1.97. The van der Waals surface area contributed by atoms with Crippen molar-refractivity contribution in [3.8, 4) is 5.75 Å². The van der Waals surface area contributed by atoms with Gasteiger partial charge in [0.2, 0.25) is 5.56 Å².